The van der Waals surface area contributed by atoms with Crippen LogP contribution in [0.5, 0.6) is 0 Å². The molecule has 0 aromatic heterocycles. The molecule has 0 aliphatic carbocycles. The van der Waals surface area contributed by atoms with Crippen LogP contribution in [0, 0.1) is 17.8 Å². The molecule has 7 saturated heterocycles. The summed E-state index contributed by atoms with van der Waals surface area (Å²) in [5.41, 5.74) is 5.91. The number of ether oxygens (including phenoxy) is 13. The molecule has 490 valence electrons. The minimum absolute atomic E-state index is 0.438. The summed E-state index contributed by atoms with van der Waals surface area (Å²) in [7, 11) is 0. The van der Waals surface area contributed by atoms with Crippen LogP contribution in [0.3, 0.4) is 0 Å². The van der Waals surface area contributed by atoms with Crippen LogP contribution >= 0.6 is 0 Å². The van der Waals surface area contributed by atoms with E-state index in [4.69, 9.17) is 67.3 Å². The van der Waals surface area contributed by atoms with Crippen LogP contribution in [0.1, 0.15) is 34.1 Å². The van der Waals surface area contributed by atoms with Gasteiger partial charge in [0.05, 0.1) is 82.8 Å². The number of aliphatic hydroxyl groups excluding tert-OH is 19. The summed E-state index contributed by atoms with van der Waals surface area (Å²) in [5.74, 6) is -7.48. The molecule has 14 unspecified atom stereocenters. The zero-order valence-electron chi connectivity index (χ0n) is 46.1. The van der Waals surface area contributed by atoms with E-state index in [1.807, 2.05) is 0 Å². The van der Waals surface area contributed by atoms with Crippen LogP contribution in [0.15, 0.2) is 0 Å². The lowest BCUT2D eigenvalue weighted by atomic mass is 9.88. The Morgan fingerprint density at radius 3 is 1.36 bits per heavy atom. The second kappa shape index (κ2) is 29.4. The molecule has 7 aliphatic rings. The van der Waals surface area contributed by atoms with E-state index in [1.165, 1.54) is 13.8 Å². The first-order valence-electron chi connectivity index (χ1n) is 27.6. The molecule has 7 heterocycles. The molecule has 0 spiro atoms. The van der Waals surface area contributed by atoms with E-state index in [9.17, 15) is 107 Å². The van der Waals surface area contributed by atoms with Crippen LogP contribution < -0.4 is 5.73 Å². The fraction of sp³-hybridized carbons (Fsp3) is 0.980. The summed E-state index contributed by atoms with van der Waals surface area (Å²) < 4.78 is 75.8. The number of rotatable bonds is 22. The topological polar surface area (TPSA) is 568 Å². The lowest BCUT2D eigenvalue weighted by Crippen LogP contribution is -2.67. The first-order valence-corrected chi connectivity index (χ1v) is 27.6. The lowest BCUT2D eigenvalue weighted by Gasteiger charge is -2.49. The molecular weight excluding hydrogens is 1150 g/mol. The van der Waals surface area contributed by atoms with E-state index in [1.54, 1.807) is 13.8 Å². The molecule has 36 atom stereocenters. The maximum atomic E-state index is 12.6. The highest BCUT2D eigenvalue weighted by molar-refractivity contribution is 5.76. The van der Waals surface area contributed by atoms with E-state index < -0.39 is 278 Å². The number of nitrogens with two attached hydrogens (primary N) is 1. The van der Waals surface area contributed by atoms with Gasteiger partial charge in [0, 0.05) is 24.2 Å². The molecule has 7 aliphatic heterocycles. The largest absolute Gasteiger partial charge is 0.477 e. The van der Waals surface area contributed by atoms with Gasteiger partial charge in [-0.05, 0) is 6.92 Å². The molecule has 0 aromatic carbocycles. The van der Waals surface area contributed by atoms with Gasteiger partial charge in [-0.15, -0.1) is 0 Å². The minimum Gasteiger partial charge on any atom is -0.477 e. The molecule has 0 bridgehead atoms. The normalized spacial score (nSPS) is 51.3. The van der Waals surface area contributed by atoms with Crippen LogP contribution in [0.2, 0.25) is 0 Å². The number of hydrogen-bond donors (Lipinski definition) is 21. The van der Waals surface area contributed by atoms with Crippen molar-refractivity contribution in [2.45, 2.75) is 236 Å². The van der Waals surface area contributed by atoms with Crippen molar-refractivity contribution in [2.75, 3.05) is 46.2 Å². The summed E-state index contributed by atoms with van der Waals surface area (Å²) in [6.07, 6.45) is -53.8. The Bertz CT molecular complexity index is 2040. The van der Waals surface area contributed by atoms with E-state index >= 15 is 0 Å². The third-order valence-corrected chi connectivity index (χ3v) is 17.0. The number of carbonyl (C=O) groups is 1. The van der Waals surface area contributed by atoms with Crippen LogP contribution in [-0.2, 0) is 66.4 Å². The van der Waals surface area contributed by atoms with E-state index in [0.29, 0.717) is 0 Å². The quantitative estimate of drug-likeness (QED) is 0.0479. The highest BCUT2D eigenvalue weighted by Gasteiger charge is 2.59. The number of carboxylic acids is 1. The Kier molecular flexibility index (Phi) is 24.4. The summed E-state index contributed by atoms with van der Waals surface area (Å²) in [6.45, 7) is 0.105. The number of hydrogen-bond acceptors (Lipinski definition) is 34. The molecule has 7 rings (SSSR count). The first kappa shape index (κ1) is 69.6. The zero-order chi connectivity index (χ0) is 62.1. The van der Waals surface area contributed by atoms with Crippen LogP contribution in [-0.4, -0.2) is 356 Å². The molecule has 0 aromatic rings. The van der Waals surface area contributed by atoms with Crippen molar-refractivity contribution >= 4 is 5.97 Å². The zero-order valence-corrected chi connectivity index (χ0v) is 46.1. The molecule has 35 nitrogen and oxygen atoms in total. The maximum Gasteiger partial charge on any atom is 0.364 e. The van der Waals surface area contributed by atoms with Crippen molar-refractivity contribution in [3.05, 3.63) is 0 Å². The van der Waals surface area contributed by atoms with Crippen molar-refractivity contribution < 1.29 is 169 Å². The summed E-state index contributed by atoms with van der Waals surface area (Å²) in [4.78, 5) is 12.6. The maximum absolute atomic E-state index is 12.6. The minimum atomic E-state index is -2.87. The summed E-state index contributed by atoms with van der Waals surface area (Å²) in [6, 6.07) is -1.51. The van der Waals surface area contributed by atoms with Crippen molar-refractivity contribution in [2.24, 2.45) is 23.5 Å². The van der Waals surface area contributed by atoms with Gasteiger partial charge in [-0.2, -0.15) is 0 Å². The van der Waals surface area contributed by atoms with E-state index in [2.05, 4.69) is 0 Å². The van der Waals surface area contributed by atoms with Crippen molar-refractivity contribution in [3.63, 3.8) is 0 Å². The molecule has 84 heavy (non-hydrogen) atoms. The number of carboxylic acid groups (broad SMARTS) is 1. The van der Waals surface area contributed by atoms with Crippen LogP contribution in [0.4, 0.5) is 0 Å². The predicted molar refractivity (Wildman–Crippen MR) is 264 cm³/mol. The number of aliphatic carboxylic acids is 1. The Balaban J connectivity index is 1.00. The van der Waals surface area contributed by atoms with Gasteiger partial charge in [0.2, 0.25) is 0 Å². The fourth-order valence-electron chi connectivity index (χ4n) is 11.2. The fourth-order valence-corrected chi connectivity index (χ4v) is 11.2. The molecule has 0 saturated carbocycles. The Hall–Kier alpha value is -1.85. The summed E-state index contributed by atoms with van der Waals surface area (Å²) >= 11 is 0. The molecule has 22 N–H and O–H groups in total. The van der Waals surface area contributed by atoms with Gasteiger partial charge in [0.25, 0.3) is 5.79 Å². The Morgan fingerprint density at radius 2 is 0.893 bits per heavy atom. The van der Waals surface area contributed by atoms with Gasteiger partial charge in [-0.3, -0.25) is 0 Å². The molecule has 0 radical (unpaired) electrons. The third kappa shape index (κ3) is 14.3. The standard InChI is InChI=1S/C49H85NO34/c1-13-16(4)74-20(8-53)38(26(13)58)80-43-14(2)27(59)39(21(9-54)76-43)81-45-36(68)33(65)31(63)23(78-45)11-72-47-42(35(67)30(62)19(7-52)75-47)83-44-15(3)28(60)40(22(10-55)77-44)82-46-37(69)34(66)32(64)24(79-46)12-73-49(48(70)71)5-17(56)25(50)41(84-49)29(61)18(57)6-51/h13-47,51-69H,5-12,50H2,1-4H3,(H,70,71)/t13-,14+,15?,16+,17-,18-,19?,20?,21?,22+,23?,24?,25-,26?,27?,28?,29?,30-,31-,32+,33?,34?,35?,36-,37+,38-,39-,40-,41?,42-,43+,44+,45+,46+,47+,49-/m1/s1. The van der Waals surface area contributed by atoms with Crippen molar-refractivity contribution in [3.8, 4) is 0 Å². The predicted octanol–water partition coefficient (Wildman–Crippen LogP) is -12.2. The van der Waals surface area contributed by atoms with Gasteiger partial charge in [0.15, 0.2) is 31.5 Å². The number of aliphatic hydroxyl groups is 19. The average molecular weight is 1230 g/mol. The van der Waals surface area contributed by atoms with Crippen LogP contribution in [0.25, 0.3) is 0 Å². The average Bonchev–Trinajstić information content (AvgIpc) is 3.01. The summed E-state index contributed by atoms with van der Waals surface area (Å²) in [5, 5.41) is 214. The van der Waals surface area contributed by atoms with Gasteiger partial charge >= 0.3 is 5.97 Å². The molecule has 7 fully saturated rings. The highest BCUT2D eigenvalue weighted by atomic mass is 16.8. The smallest absolute Gasteiger partial charge is 0.364 e. The van der Waals surface area contributed by atoms with Crippen molar-refractivity contribution in [1.82, 2.24) is 0 Å². The lowest BCUT2D eigenvalue weighted by molar-refractivity contribution is -0.385. The third-order valence-electron chi connectivity index (χ3n) is 17.0. The molecule has 35 heteroatoms. The van der Waals surface area contributed by atoms with Crippen molar-refractivity contribution in [1.29, 1.82) is 0 Å². The monoisotopic (exact) mass is 1230 g/mol. The highest BCUT2D eigenvalue weighted by Crippen LogP contribution is 2.40. The Morgan fingerprint density at radius 1 is 0.488 bits per heavy atom. The molecular formula is C49H85NO34. The molecule has 0 amide bonds. The van der Waals surface area contributed by atoms with E-state index in [0.717, 1.165) is 0 Å². The second-order valence-corrected chi connectivity index (χ2v) is 22.6. The van der Waals surface area contributed by atoms with Gasteiger partial charge in [0.1, 0.15) is 128 Å². The van der Waals surface area contributed by atoms with Gasteiger partial charge in [-0.1, -0.05) is 20.8 Å². The van der Waals surface area contributed by atoms with E-state index in [-0.39, 0.29) is 0 Å². The van der Waals surface area contributed by atoms with Gasteiger partial charge in [-0.25, -0.2) is 4.79 Å². The first-order chi connectivity index (χ1) is 39.6. The second-order valence-electron chi connectivity index (χ2n) is 22.6. The van der Waals surface area contributed by atoms with Gasteiger partial charge < -0.3 is 169 Å². The Labute approximate surface area is 479 Å². The SMILES string of the molecule is CC1C(O)[C@H](O[C@@H]2OC(CO[C@]3(C(=O)O)C[C@@H](O)[C@@H](N)C(C(O)[C@H](O)CO)O3)[C@H](O)C(O)[C@@H]2O)[C@H](CO)O[C@H]1O[C@@H]1C(O)[C@H](O)C(CO)O[C@@H]1OCC1O[C@@H](O[C@@H]2C(CO)O[C@@H](O[C@@H]3C(CO)O[C@@H](C)[C@@H](C)C3O)[C@@H](C)C2O)[C@H](O)C(O)[C@@H]1O.